The summed E-state index contributed by atoms with van der Waals surface area (Å²) in [7, 11) is 0. The summed E-state index contributed by atoms with van der Waals surface area (Å²) in [6, 6.07) is 9.95. The van der Waals surface area contributed by atoms with E-state index in [1.54, 1.807) is 6.20 Å². The second-order valence-corrected chi connectivity index (χ2v) is 5.02. The van der Waals surface area contributed by atoms with Gasteiger partial charge in [0.05, 0.1) is 11.9 Å². The zero-order valence-electron chi connectivity index (χ0n) is 8.64. The van der Waals surface area contributed by atoms with Crippen LogP contribution in [0, 0.1) is 3.70 Å². The van der Waals surface area contributed by atoms with Crippen molar-refractivity contribution in [3.05, 3.63) is 51.6 Å². The standard InChI is InChI=1S/C12H7ClIN3/c13-11-12-15-6-10(14)17(12)7-9(16-11)8-4-2-1-3-5-8/h1-7H. The SMILES string of the molecule is Clc1nc(-c2ccccc2)cn2c(I)cnc12. The monoisotopic (exact) mass is 355 g/mol. The smallest absolute Gasteiger partial charge is 0.175 e. The first-order valence-electron chi connectivity index (χ1n) is 5.00. The zero-order valence-corrected chi connectivity index (χ0v) is 11.6. The number of rotatable bonds is 1. The van der Waals surface area contributed by atoms with E-state index < -0.39 is 0 Å². The Balaban J connectivity index is 2.28. The number of nitrogens with zero attached hydrogens (tertiary/aromatic N) is 3. The minimum absolute atomic E-state index is 0.425. The Morgan fingerprint density at radius 3 is 2.71 bits per heavy atom. The summed E-state index contributed by atoms with van der Waals surface area (Å²) in [6.07, 6.45) is 3.73. The van der Waals surface area contributed by atoms with Crippen molar-refractivity contribution in [3.8, 4) is 11.3 Å². The second-order valence-electron chi connectivity index (χ2n) is 3.56. The normalized spacial score (nSPS) is 10.9. The molecule has 0 radical (unpaired) electrons. The Morgan fingerprint density at radius 2 is 1.94 bits per heavy atom. The molecular formula is C12H7ClIN3. The molecule has 0 aliphatic heterocycles. The number of benzene rings is 1. The highest BCUT2D eigenvalue weighted by Gasteiger charge is 2.09. The van der Waals surface area contributed by atoms with Crippen molar-refractivity contribution < 1.29 is 0 Å². The topological polar surface area (TPSA) is 30.2 Å². The molecule has 0 aliphatic rings. The first-order chi connectivity index (χ1) is 8.25. The number of hydrogen-bond acceptors (Lipinski definition) is 2. The van der Waals surface area contributed by atoms with Gasteiger partial charge in [-0.05, 0) is 22.6 Å². The lowest BCUT2D eigenvalue weighted by Gasteiger charge is -2.04. The lowest BCUT2D eigenvalue weighted by Crippen LogP contribution is -1.94. The molecule has 0 unspecified atom stereocenters. The molecule has 0 bridgehead atoms. The van der Waals surface area contributed by atoms with Crippen molar-refractivity contribution in [3.63, 3.8) is 0 Å². The third-order valence-electron chi connectivity index (χ3n) is 2.48. The van der Waals surface area contributed by atoms with Gasteiger partial charge in [-0.1, -0.05) is 41.9 Å². The van der Waals surface area contributed by atoms with Gasteiger partial charge in [0.25, 0.3) is 0 Å². The van der Waals surface area contributed by atoms with Crippen LogP contribution in [0.2, 0.25) is 5.15 Å². The summed E-state index contributed by atoms with van der Waals surface area (Å²) in [5, 5.41) is 0.425. The number of fused-ring (bicyclic) bond motifs is 1. The van der Waals surface area contributed by atoms with Crippen molar-refractivity contribution in [2.24, 2.45) is 0 Å². The van der Waals surface area contributed by atoms with Gasteiger partial charge in [0, 0.05) is 11.8 Å². The molecule has 0 spiro atoms. The predicted octanol–water partition coefficient (Wildman–Crippen LogP) is 3.65. The maximum Gasteiger partial charge on any atom is 0.175 e. The molecule has 0 atom stereocenters. The fraction of sp³-hybridized carbons (Fsp3) is 0. The molecule has 84 valence electrons. The molecule has 3 aromatic rings. The van der Waals surface area contributed by atoms with Crippen molar-refractivity contribution >= 4 is 39.8 Å². The van der Waals surface area contributed by atoms with Gasteiger partial charge in [0.2, 0.25) is 0 Å². The maximum atomic E-state index is 6.13. The lowest BCUT2D eigenvalue weighted by atomic mass is 10.2. The minimum atomic E-state index is 0.425. The highest BCUT2D eigenvalue weighted by molar-refractivity contribution is 14.1. The average molecular weight is 356 g/mol. The van der Waals surface area contributed by atoms with Crippen LogP contribution in [0.3, 0.4) is 0 Å². The molecule has 0 N–H and O–H groups in total. The van der Waals surface area contributed by atoms with Crippen molar-refractivity contribution in [1.82, 2.24) is 14.4 Å². The van der Waals surface area contributed by atoms with Crippen LogP contribution in [0.4, 0.5) is 0 Å². The lowest BCUT2D eigenvalue weighted by molar-refractivity contribution is 1.11. The van der Waals surface area contributed by atoms with Crippen LogP contribution in [-0.2, 0) is 0 Å². The second kappa shape index (κ2) is 4.27. The van der Waals surface area contributed by atoms with Gasteiger partial charge >= 0.3 is 0 Å². The van der Waals surface area contributed by atoms with Gasteiger partial charge in [-0.25, -0.2) is 9.97 Å². The largest absolute Gasteiger partial charge is 0.290 e. The van der Waals surface area contributed by atoms with Gasteiger partial charge in [-0.3, -0.25) is 4.40 Å². The quantitative estimate of drug-likeness (QED) is 0.624. The van der Waals surface area contributed by atoms with E-state index in [4.69, 9.17) is 11.6 Å². The van der Waals surface area contributed by atoms with E-state index in [2.05, 4.69) is 32.6 Å². The van der Waals surface area contributed by atoms with Crippen molar-refractivity contribution in [1.29, 1.82) is 0 Å². The molecule has 2 aromatic heterocycles. The Hall–Kier alpha value is -1.14. The number of imidazole rings is 1. The Bertz CT molecular complexity index is 679. The molecule has 1 aromatic carbocycles. The minimum Gasteiger partial charge on any atom is -0.290 e. The van der Waals surface area contributed by atoms with E-state index >= 15 is 0 Å². The van der Waals surface area contributed by atoms with Crippen molar-refractivity contribution in [2.45, 2.75) is 0 Å². The molecule has 17 heavy (non-hydrogen) atoms. The van der Waals surface area contributed by atoms with Crippen LogP contribution < -0.4 is 0 Å². The highest BCUT2D eigenvalue weighted by Crippen LogP contribution is 2.23. The number of hydrogen-bond donors (Lipinski definition) is 0. The van der Waals surface area contributed by atoms with Crippen LogP contribution in [0.5, 0.6) is 0 Å². The Kier molecular flexibility index (Phi) is 2.76. The van der Waals surface area contributed by atoms with Gasteiger partial charge in [0.15, 0.2) is 10.8 Å². The molecule has 3 rings (SSSR count). The van der Waals surface area contributed by atoms with Crippen LogP contribution in [0.25, 0.3) is 16.9 Å². The first-order valence-corrected chi connectivity index (χ1v) is 6.46. The molecule has 2 heterocycles. The molecule has 5 heteroatoms. The van der Waals surface area contributed by atoms with Crippen LogP contribution in [-0.4, -0.2) is 14.4 Å². The van der Waals surface area contributed by atoms with E-state index in [9.17, 15) is 0 Å². The van der Waals surface area contributed by atoms with E-state index in [0.29, 0.717) is 10.8 Å². The molecule has 0 fully saturated rings. The summed E-state index contributed by atoms with van der Waals surface area (Å²) in [5.41, 5.74) is 2.58. The van der Waals surface area contributed by atoms with E-state index in [1.807, 2.05) is 40.9 Å². The Labute approximate surface area is 117 Å². The first kappa shape index (κ1) is 11.0. The molecule has 0 aliphatic carbocycles. The van der Waals surface area contributed by atoms with Gasteiger partial charge in [-0.2, -0.15) is 0 Å². The highest BCUT2D eigenvalue weighted by atomic mass is 127. The van der Waals surface area contributed by atoms with Crippen LogP contribution in [0.1, 0.15) is 0 Å². The molecule has 0 saturated heterocycles. The maximum absolute atomic E-state index is 6.13. The van der Waals surface area contributed by atoms with Gasteiger partial charge in [-0.15, -0.1) is 0 Å². The van der Waals surface area contributed by atoms with Crippen molar-refractivity contribution in [2.75, 3.05) is 0 Å². The molecule has 0 amide bonds. The summed E-state index contributed by atoms with van der Waals surface area (Å²) in [4.78, 5) is 8.58. The van der Waals surface area contributed by atoms with E-state index in [-0.39, 0.29) is 0 Å². The van der Waals surface area contributed by atoms with Crippen LogP contribution >= 0.6 is 34.2 Å². The zero-order chi connectivity index (χ0) is 11.8. The summed E-state index contributed by atoms with van der Waals surface area (Å²) < 4.78 is 2.96. The number of aromatic nitrogens is 3. The third-order valence-corrected chi connectivity index (χ3v) is 3.53. The molecular weight excluding hydrogens is 349 g/mol. The van der Waals surface area contributed by atoms with E-state index in [0.717, 1.165) is 15.0 Å². The fourth-order valence-electron chi connectivity index (χ4n) is 1.67. The summed E-state index contributed by atoms with van der Waals surface area (Å²) in [5.74, 6) is 0. The summed E-state index contributed by atoms with van der Waals surface area (Å²) in [6.45, 7) is 0. The Morgan fingerprint density at radius 1 is 1.18 bits per heavy atom. The molecule has 0 saturated carbocycles. The average Bonchev–Trinajstić information content (AvgIpc) is 2.73. The predicted molar refractivity (Wildman–Crippen MR) is 76.2 cm³/mol. The third kappa shape index (κ3) is 1.91. The summed E-state index contributed by atoms with van der Waals surface area (Å²) >= 11 is 8.35. The van der Waals surface area contributed by atoms with Gasteiger partial charge < -0.3 is 0 Å². The van der Waals surface area contributed by atoms with Gasteiger partial charge in [0.1, 0.15) is 3.70 Å². The number of halogens is 2. The molecule has 3 nitrogen and oxygen atoms in total. The fourth-order valence-corrected chi connectivity index (χ4v) is 2.41. The van der Waals surface area contributed by atoms with Crippen LogP contribution in [0.15, 0.2) is 42.7 Å². The van der Waals surface area contributed by atoms with E-state index in [1.165, 1.54) is 0 Å².